The number of carbonyl (C=O) groups excluding carboxylic acids is 1. The maximum Gasteiger partial charge on any atom is 0.407 e. The van der Waals surface area contributed by atoms with Gasteiger partial charge in [0.25, 0.3) is 0 Å². The molecule has 0 saturated heterocycles. The molecule has 0 aromatic heterocycles. The number of alkyl carbamates (subject to hydrolysis) is 1. The number of nitrogens with one attached hydrogen (secondary N) is 3. The van der Waals surface area contributed by atoms with Crippen molar-refractivity contribution in [1.82, 2.24) is 16.0 Å². The van der Waals surface area contributed by atoms with Crippen LogP contribution in [0.3, 0.4) is 0 Å². The normalized spacial score (nSPS) is 13.1. The van der Waals surface area contributed by atoms with E-state index < -0.39 is 11.7 Å². The molecule has 3 N–H and O–H groups in total. The zero-order valence-corrected chi connectivity index (χ0v) is 18.0. The van der Waals surface area contributed by atoms with Crippen molar-refractivity contribution in [1.29, 1.82) is 0 Å². The van der Waals surface area contributed by atoms with Gasteiger partial charge in [-0.3, -0.25) is 4.99 Å². The number of rotatable bonds is 7. The monoisotopic (exact) mass is 442 g/mol. The Hall–Kier alpha value is -0.730. The second-order valence-electron chi connectivity index (χ2n) is 6.64. The number of amides is 1. The summed E-state index contributed by atoms with van der Waals surface area (Å²) >= 11 is 0. The van der Waals surface area contributed by atoms with Gasteiger partial charge in [0.2, 0.25) is 0 Å². The lowest BCUT2D eigenvalue weighted by atomic mass is 10.1. The van der Waals surface area contributed by atoms with Crippen molar-refractivity contribution >= 4 is 36.0 Å². The van der Waals surface area contributed by atoms with E-state index in [-0.39, 0.29) is 35.9 Å². The van der Waals surface area contributed by atoms with E-state index in [9.17, 15) is 4.79 Å². The summed E-state index contributed by atoms with van der Waals surface area (Å²) in [6, 6.07) is -0.0630. The largest absolute Gasteiger partial charge is 0.444 e. The van der Waals surface area contributed by atoms with Crippen LogP contribution in [0.25, 0.3) is 0 Å². The van der Waals surface area contributed by atoms with E-state index in [0.717, 1.165) is 25.5 Å². The van der Waals surface area contributed by atoms with Gasteiger partial charge < -0.3 is 20.7 Å². The van der Waals surface area contributed by atoms with E-state index in [0.29, 0.717) is 6.54 Å². The maximum atomic E-state index is 11.9. The van der Waals surface area contributed by atoms with Gasteiger partial charge in [-0.05, 0) is 40.0 Å². The second-order valence-corrected chi connectivity index (χ2v) is 6.64. The maximum absolute atomic E-state index is 11.9. The summed E-state index contributed by atoms with van der Waals surface area (Å²) in [6.45, 7) is 16.0. The second kappa shape index (κ2) is 12.7. The number of hydrogen-bond acceptors (Lipinski definition) is 3. The topological polar surface area (TPSA) is 74.8 Å². The molecule has 0 saturated carbocycles. The van der Waals surface area contributed by atoms with Crippen molar-refractivity contribution < 1.29 is 9.53 Å². The number of aliphatic imine (C=N–C) groups is 1. The summed E-state index contributed by atoms with van der Waals surface area (Å²) in [7, 11) is 0. The van der Waals surface area contributed by atoms with Crippen LogP contribution in [0.5, 0.6) is 0 Å². The number of carbonyl (C=O) groups is 1. The Morgan fingerprint density at radius 2 is 1.78 bits per heavy atom. The van der Waals surface area contributed by atoms with Crippen LogP contribution < -0.4 is 16.0 Å². The van der Waals surface area contributed by atoms with Gasteiger partial charge in [0, 0.05) is 13.1 Å². The minimum absolute atomic E-state index is 0. The van der Waals surface area contributed by atoms with Crippen LogP contribution in [-0.4, -0.2) is 43.3 Å². The van der Waals surface area contributed by atoms with Gasteiger partial charge >= 0.3 is 6.09 Å². The molecule has 0 rings (SSSR count). The summed E-state index contributed by atoms with van der Waals surface area (Å²) in [5.74, 6) is 1.05. The number of nitrogens with zero attached hydrogens (tertiary/aromatic N) is 1. The van der Waals surface area contributed by atoms with Crippen LogP contribution >= 0.6 is 24.0 Å². The van der Waals surface area contributed by atoms with Gasteiger partial charge in [0.05, 0.1) is 12.6 Å². The fourth-order valence-corrected chi connectivity index (χ4v) is 1.66. The van der Waals surface area contributed by atoms with Crippen LogP contribution in [0.4, 0.5) is 4.79 Å². The smallest absolute Gasteiger partial charge is 0.407 e. The number of ether oxygens (including phenoxy) is 1. The Balaban J connectivity index is 0. The molecule has 0 aliphatic rings. The molecule has 138 valence electrons. The molecule has 1 atom stereocenters. The Bertz CT molecular complexity index is 354. The first-order valence-electron chi connectivity index (χ1n) is 8.21. The number of hydrogen-bond donors (Lipinski definition) is 3. The zero-order valence-electron chi connectivity index (χ0n) is 15.7. The molecule has 0 aliphatic heterocycles. The average Bonchev–Trinajstić information content (AvgIpc) is 2.37. The highest BCUT2D eigenvalue weighted by molar-refractivity contribution is 14.0. The van der Waals surface area contributed by atoms with Crippen LogP contribution in [0.15, 0.2) is 4.99 Å². The molecule has 0 aromatic carbocycles. The first kappa shape index (κ1) is 24.5. The van der Waals surface area contributed by atoms with Crippen LogP contribution in [0.1, 0.15) is 54.9 Å². The molecule has 0 aliphatic carbocycles. The molecule has 23 heavy (non-hydrogen) atoms. The van der Waals surface area contributed by atoms with E-state index in [2.05, 4.69) is 41.7 Å². The van der Waals surface area contributed by atoms with Crippen molar-refractivity contribution in [3.05, 3.63) is 0 Å². The molecule has 0 radical (unpaired) electrons. The van der Waals surface area contributed by atoms with Gasteiger partial charge in [-0.2, -0.15) is 0 Å². The van der Waals surface area contributed by atoms with E-state index in [4.69, 9.17) is 4.74 Å². The summed E-state index contributed by atoms with van der Waals surface area (Å²) in [4.78, 5) is 16.4. The molecule has 0 fully saturated rings. The summed E-state index contributed by atoms with van der Waals surface area (Å²) in [5, 5.41) is 9.35. The Kier molecular flexibility index (Phi) is 13.5. The zero-order chi connectivity index (χ0) is 17.2. The lowest BCUT2D eigenvalue weighted by Crippen LogP contribution is -2.45. The predicted octanol–water partition coefficient (Wildman–Crippen LogP) is 3.12. The van der Waals surface area contributed by atoms with Gasteiger partial charge in [-0.25, -0.2) is 4.79 Å². The van der Waals surface area contributed by atoms with Crippen LogP contribution in [-0.2, 0) is 4.74 Å². The fourth-order valence-electron chi connectivity index (χ4n) is 1.66. The van der Waals surface area contributed by atoms with Gasteiger partial charge in [0.15, 0.2) is 5.96 Å². The van der Waals surface area contributed by atoms with Gasteiger partial charge in [-0.1, -0.05) is 20.8 Å². The summed E-state index contributed by atoms with van der Waals surface area (Å²) in [5.41, 5.74) is -0.494. The van der Waals surface area contributed by atoms with Crippen LogP contribution in [0, 0.1) is 5.92 Å². The number of guanidine groups is 1. The first-order chi connectivity index (χ1) is 10.2. The van der Waals surface area contributed by atoms with E-state index in [1.54, 1.807) is 0 Å². The lowest BCUT2D eigenvalue weighted by molar-refractivity contribution is 0.0493. The highest BCUT2D eigenvalue weighted by Gasteiger charge is 2.21. The van der Waals surface area contributed by atoms with E-state index in [1.165, 1.54) is 0 Å². The van der Waals surface area contributed by atoms with Crippen molar-refractivity contribution in [3.63, 3.8) is 0 Å². The quantitative estimate of drug-likeness (QED) is 0.322. The summed E-state index contributed by atoms with van der Waals surface area (Å²) < 4.78 is 5.31. The SMILES string of the molecule is CCCNC(=NCC(NC(=O)OC(C)(C)C)C(C)C)NCC.I. The Morgan fingerprint density at radius 1 is 1.17 bits per heavy atom. The Morgan fingerprint density at radius 3 is 2.22 bits per heavy atom. The molecule has 1 amide bonds. The molecule has 1 unspecified atom stereocenters. The fraction of sp³-hybridized carbons (Fsp3) is 0.875. The summed E-state index contributed by atoms with van der Waals surface area (Å²) in [6.07, 6.45) is 0.640. The highest BCUT2D eigenvalue weighted by Crippen LogP contribution is 2.09. The molecule has 0 spiro atoms. The van der Waals surface area contributed by atoms with Crippen molar-refractivity contribution in [2.75, 3.05) is 19.6 Å². The third-order valence-corrected chi connectivity index (χ3v) is 2.84. The van der Waals surface area contributed by atoms with Crippen molar-refractivity contribution in [3.8, 4) is 0 Å². The van der Waals surface area contributed by atoms with E-state index in [1.807, 2.05) is 27.7 Å². The highest BCUT2D eigenvalue weighted by atomic mass is 127. The van der Waals surface area contributed by atoms with Gasteiger partial charge in [0.1, 0.15) is 5.60 Å². The van der Waals surface area contributed by atoms with Crippen molar-refractivity contribution in [2.45, 2.75) is 66.5 Å². The first-order valence-corrected chi connectivity index (χ1v) is 8.21. The molecule has 0 aromatic rings. The van der Waals surface area contributed by atoms with Crippen molar-refractivity contribution in [2.24, 2.45) is 10.9 Å². The minimum Gasteiger partial charge on any atom is -0.444 e. The number of halogens is 1. The Labute approximate surface area is 158 Å². The third kappa shape index (κ3) is 13.4. The van der Waals surface area contributed by atoms with E-state index >= 15 is 0 Å². The third-order valence-electron chi connectivity index (χ3n) is 2.84. The molecule has 6 nitrogen and oxygen atoms in total. The molecular formula is C16H35IN4O2. The standard InChI is InChI=1S/C16H34N4O2.HI/c1-8-10-18-14(17-9-2)19-11-13(12(3)4)20-15(21)22-16(5,6)7;/h12-13H,8-11H2,1-7H3,(H,20,21)(H2,17,18,19);1H. The molecule has 0 bridgehead atoms. The minimum atomic E-state index is -0.494. The molecule has 7 heteroatoms. The predicted molar refractivity (Wildman–Crippen MR) is 108 cm³/mol. The van der Waals surface area contributed by atoms with Gasteiger partial charge in [-0.15, -0.1) is 24.0 Å². The average molecular weight is 442 g/mol. The molecule has 0 heterocycles. The van der Waals surface area contributed by atoms with Crippen LogP contribution in [0.2, 0.25) is 0 Å². The lowest BCUT2D eigenvalue weighted by Gasteiger charge is -2.25. The molecular weight excluding hydrogens is 407 g/mol.